The van der Waals surface area contributed by atoms with Crippen molar-refractivity contribution in [3.63, 3.8) is 0 Å². The predicted molar refractivity (Wildman–Crippen MR) is 241 cm³/mol. The number of benzene rings is 2. The molecule has 2 aliphatic heterocycles. The molecule has 2 aliphatic carbocycles. The van der Waals surface area contributed by atoms with Gasteiger partial charge in [-0.3, -0.25) is 28.7 Å². The molecule has 18 heteroatoms. The molecule has 0 bridgehead atoms. The third-order valence-electron chi connectivity index (χ3n) is 12.7. The van der Waals surface area contributed by atoms with E-state index < -0.39 is 74.0 Å². The Morgan fingerprint density at radius 3 is 2.44 bits per heavy atom. The molecule has 3 N–H and O–H groups in total. The van der Waals surface area contributed by atoms with Crippen molar-refractivity contribution >= 4 is 66.9 Å². The van der Waals surface area contributed by atoms with Gasteiger partial charge in [0.25, 0.3) is 5.91 Å². The maximum absolute atomic E-state index is 15.1. The van der Waals surface area contributed by atoms with Crippen LogP contribution in [0.25, 0.3) is 22.2 Å². The molecular formula is C46H53N7O9S2. The van der Waals surface area contributed by atoms with Crippen LogP contribution >= 0.6 is 11.3 Å². The summed E-state index contributed by atoms with van der Waals surface area (Å²) in [5.41, 5.74) is -0.325. The first kappa shape index (κ1) is 44.7. The van der Waals surface area contributed by atoms with Crippen LogP contribution in [0, 0.1) is 17.3 Å². The maximum Gasteiger partial charge on any atom is 0.259 e. The van der Waals surface area contributed by atoms with E-state index in [9.17, 15) is 27.6 Å². The molecule has 4 fully saturated rings. The Morgan fingerprint density at radius 2 is 1.78 bits per heavy atom. The van der Waals surface area contributed by atoms with Gasteiger partial charge in [0.2, 0.25) is 33.7 Å². The molecule has 2 aromatic carbocycles. The number of thiazole rings is 1. The van der Waals surface area contributed by atoms with Crippen molar-refractivity contribution in [2.45, 2.75) is 94.7 Å². The molecule has 2 aromatic heterocycles. The van der Waals surface area contributed by atoms with Crippen LogP contribution in [-0.4, -0.2) is 107 Å². The van der Waals surface area contributed by atoms with E-state index in [4.69, 9.17) is 14.5 Å². The lowest BCUT2D eigenvalue weighted by molar-refractivity contribution is -0.149. The minimum atomic E-state index is -3.94. The highest BCUT2D eigenvalue weighted by Crippen LogP contribution is 2.46. The van der Waals surface area contributed by atoms with Gasteiger partial charge in [-0.25, -0.2) is 18.4 Å². The molecule has 2 saturated carbocycles. The van der Waals surface area contributed by atoms with Crippen molar-refractivity contribution < 1.29 is 41.9 Å². The van der Waals surface area contributed by atoms with Crippen LogP contribution in [0.15, 0.2) is 78.8 Å². The van der Waals surface area contributed by atoms with E-state index in [1.165, 1.54) is 27.2 Å². The normalized spacial score (nSPS) is 23.6. The molecule has 4 heterocycles. The SMILES string of the molecule is C=CC1C[C@]1(NC(=O)[C@@H]1C[C@@H](Oc2cc(-c3ccccc3)nc3cc(OC)ccc23)CN1C(=O)[C@@H](CC(=O)N1CCCC1C(=O)Nc1nccs1)C(C)(C)C)C(=O)NS(=O)(=O)C1CC1. The first-order valence-corrected chi connectivity index (χ1v) is 24.0. The van der Waals surface area contributed by atoms with Gasteiger partial charge >= 0.3 is 0 Å². The Hall–Kier alpha value is -5.88. The monoisotopic (exact) mass is 911 g/mol. The van der Waals surface area contributed by atoms with E-state index in [1.54, 1.807) is 30.8 Å². The molecule has 8 rings (SSSR count). The summed E-state index contributed by atoms with van der Waals surface area (Å²) in [5, 5.41) is 7.81. The molecule has 4 aromatic rings. The van der Waals surface area contributed by atoms with Crippen LogP contribution in [-0.2, 0) is 34.0 Å². The molecule has 64 heavy (non-hydrogen) atoms. The Labute approximate surface area is 376 Å². The number of carbonyl (C=O) groups is 5. The summed E-state index contributed by atoms with van der Waals surface area (Å²) in [6.07, 6.45) is 4.16. The van der Waals surface area contributed by atoms with Gasteiger partial charge in [-0.2, -0.15) is 0 Å². The molecule has 16 nitrogen and oxygen atoms in total. The van der Waals surface area contributed by atoms with Gasteiger partial charge < -0.3 is 29.9 Å². The lowest BCUT2D eigenvalue weighted by atomic mass is 9.77. The Kier molecular flexibility index (Phi) is 12.3. The number of fused-ring (bicyclic) bond motifs is 1. The van der Waals surface area contributed by atoms with Crippen LogP contribution in [0.3, 0.4) is 0 Å². The van der Waals surface area contributed by atoms with E-state index in [-0.39, 0.29) is 37.6 Å². The average molecular weight is 912 g/mol. The number of amides is 5. The number of methoxy groups -OCH3 is 1. The van der Waals surface area contributed by atoms with Crippen LogP contribution < -0.4 is 24.8 Å². The van der Waals surface area contributed by atoms with Crippen LogP contribution in [0.5, 0.6) is 11.5 Å². The smallest absolute Gasteiger partial charge is 0.259 e. The number of anilines is 1. The highest BCUT2D eigenvalue weighted by atomic mass is 32.2. The number of sulfonamides is 1. The van der Waals surface area contributed by atoms with Crippen molar-refractivity contribution in [3.05, 3.63) is 78.8 Å². The van der Waals surface area contributed by atoms with Gasteiger partial charge in [-0.1, -0.05) is 57.2 Å². The standard InChI is InChI=1S/C46H53N7O9S2/c1-6-28-25-46(28,43(58)51-64(59,60)31-15-16-31)50-41(56)37-22-30(62-38-24-34(27-11-8-7-9-12-27)48-35-21-29(61-5)14-17-32(35)38)26-53(37)42(57)33(45(2,3)4)23-39(54)52-19-10-13-36(52)40(55)49-44-47-18-20-63-44/h6-9,11-12,14,17-18,20-21,24,28,30-31,33,36-37H,1,10,13,15-16,19,22-23,25-26H2,2-5H3,(H,50,56)(H,51,58)(H,47,49,55)/t28?,30-,33-,36?,37+,46-/m1/s1. The zero-order valence-electron chi connectivity index (χ0n) is 36.2. The van der Waals surface area contributed by atoms with Crippen molar-refractivity contribution in [2.24, 2.45) is 17.3 Å². The molecule has 338 valence electrons. The minimum Gasteiger partial charge on any atom is -0.497 e. The molecule has 2 unspecified atom stereocenters. The van der Waals surface area contributed by atoms with E-state index in [0.717, 1.165) is 5.56 Å². The second-order valence-corrected chi connectivity index (χ2v) is 21.0. The van der Waals surface area contributed by atoms with Crippen molar-refractivity contribution in [1.82, 2.24) is 29.8 Å². The number of aromatic nitrogens is 2. The van der Waals surface area contributed by atoms with Crippen LogP contribution in [0.4, 0.5) is 5.13 Å². The number of likely N-dealkylation sites (tertiary alicyclic amines) is 2. The van der Waals surface area contributed by atoms with Gasteiger partial charge in [0, 0.05) is 60.0 Å². The second-order valence-electron chi connectivity index (χ2n) is 18.1. The van der Waals surface area contributed by atoms with Crippen molar-refractivity contribution in [2.75, 3.05) is 25.5 Å². The predicted octanol–water partition coefficient (Wildman–Crippen LogP) is 5.07. The van der Waals surface area contributed by atoms with E-state index in [1.807, 2.05) is 63.2 Å². The van der Waals surface area contributed by atoms with Gasteiger partial charge in [-0.05, 0) is 49.7 Å². The summed E-state index contributed by atoms with van der Waals surface area (Å²) in [6.45, 7) is 9.64. The summed E-state index contributed by atoms with van der Waals surface area (Å²) in [5.74, 6) is -3.18. The topological polar surface area (TPSA) is 206 Å². The number of hydrogen-bond acceptors (Lipinski definition) is 12. The number of hydrogen-bond donors (Lipinski definition) is 3. The first-order valence-electron chi connectivity index (χ1n) is 21.5. The Bertz CT molecular complexity index is 2580. The van der Waals surface area contributed by atoms with E-state index in [0.29, 0.717) is 65.5 Å². The number of ether oxygens (including phenoxy) is 2. The van der Waals surface area contributed by atoms with Crippen LogP contribution in [0.1, 0.15) is 65.7 Å². The summed E-state index contributed by atoms with van der Waals surface area (Å²) in [7, 11) is -2.38. The zero-order valence-corrected chi connectivity index (χ0v) is 37.9. The summed E-state index contributed by atoms with van der Waals surface area (Å²) in [4.78, 5) is 83.1. The lowest BCUT2D eigenvalue weighted by Crippen LogP contribution is -2.57. The minimum absolute atomic E-state index is 0.00494. The molecule has 2 saturated heterocycles. The number of carbonyl (C=O) groups excluding carboxylic acids is 5. The summed E-state index contributed by atoms with van der Waals surface area (Å²) in [6, 6.07) is 14.9. The van der Waals surface area contributed by atoms with Gasteiger partial charge in [0.05, 0.1) is 36.0 Å². The van der Waals surface area contributed by atoms with Crippen molar-refractivity contribution in [3.8, 4) is 22.8 Å². The quantitative estimate of drug-likeness (QED) is 0.134. The Balaban J connectivity index is 1.10. The van der Waals surface area contributed by atoms with Gasteiger partial charge in [-0.15, -0.1) is 17.9 Å². The van der Waals surface area contributed by atoms with Crippen molar-refractivity contribution in [1.29, 1.82) is 0 Å². The zero-order chi connectivity index (χ0) is 45.6. The van der Waals surface area contributed by atoms with E-state index in [2.05, 4.69) is 26.9 Å². The number of nitrogens with one attached hydrogen (secondary N) is 3. The fraction of sp³-hybridized carbons (Fsp3) is 0.457. The lowest BCUT2D eigenvalue weighted by Gasteiger charge is -2.36. The fourth-order valence-electron chi connectivity index (χ4n) is 8.80. The molecule has 4 aliphatic rings. The summed E-state index contributed by atoms with van der Waals surface area (Å²) < 4.78 is 40.2. The van der Waals surface area contributed by atoms with Gasteiger partial charge in [0.15, 0.2) is 5.13 Å². The maximum atomic E-state index is 15.1. The first-order chi connectivity index (χ1) is 30.5. The molecular weight excluding hydrogens is 859 g/mol. The fourth-order valence-corrected chi connectivity index (χ4v) is 10.7. The summed E-state index contributed by atoms with van der Waals surface area (Å²) >= 11 is 1.27. The third kappa shape index (κ3) is 9.20. The molecule has 6 atom stereocenters. The molecule has 5 amide bonds. The average Bonchev–Trinajstić information content (AvgIpc) is 4.04. The number of rotatable bonds is 15. The number of nitrogens with zero attached hydrogens (tertiary/aromatic N) is 4. The van der Waals surface area contributed by atoms with Gasteiger partial charge in [0.1, 0.15) is 35.2 Å². The highest BCUT2D eigenvalue weighted by molar-refractivity contribution is 7.91. The Morgan fingerprint density at radius 1 is 1.02 bits per heavy atom. The van der Waals surface area contributed by atoms with E-state index >= 15 is 4.79 Å². The molecule has 0 radical (unpaired) electrons. The second kappa shape index (κ2) is 17.6. The largest absolute Gasteiger partial charge is 0.497 e. The number of pyridine rings is 1. The van der Waals surface area contributed by atoms with Crippen LogP contribution in [0.2, 0.25) is 0 Å². The third-order valence-corrected chi connectivity index (χ3v) is 15.2. The highest BCUT2D eigenvalue weighted by Gasteiger charge is 2.62. The molecule has 0 spiro atoms.